The summed E-state index contributed by atoms with van der Waals surface area (Å²) in [5.74, 6) is -0.978. The molecule has 2 atom stereocenters. The first kappa shape index (κ1) is 18.3. The fourth-order valence-corrected chi connectivity index (χ4v) is 2.10. The van der Waals surface area contributed by atoms with Crippen molar-refractivity contribution in [1.82, 2.24) is 0 Å². The van der Waals surface area contributed by atoms with Crippen LogP contribution >= 0.6 is 0 Å². The minimum absolute atomic E-state index is 0.0421. The van der Waals surface area contributed by atoms with E-state index >= 15 is 0 Å². The molecule has 130 valence electrons. The third kappa shape index (κ3) is 5.21. The van der Waals surface area contributed by atoms with Crippen LogP contribution in [0.3, 0.4) is 0 Å². The van der Waals surface area contributed by atoms with Gasteiger partial charge in [-0.3, -0.25) is 0 Å². The van der Waals surface area contributed by atoms with Crippen molar-refractivity contribution >= 4 is 11.9 Å². The van der Waals surface area contributed by atoms with Crippen LogP contribution in [0.5, 0.6) is 0 Å². The molecule has 5 nitrogen and oxygen atoms in total. The molecule has 0 aromatic heterocycles. The zero-order valence-electron chi connectivity index (χ0n) is 14.0. The number of allylic oxidation sites excluding steroid dienone is 3. The average molecular weight is 340 g/mol. The molecule has 1 heterocycles. The molecule has 1 aromatic carbocycles. The van der Waals surface area contributed by atoms with Crippen LogP contribution in [0.1, 0.15) is 17.3 Å². The summed E-state index contributed by atoms with van der Waals surface area (Å²) in [6.45, 7) is 5.38. The molecule has 0 aliphatic carbocycles. The van der Waals surface area contributed by atoms with Gasteiger partial charge in [0.1, 0.15) is 6.61 Å². The summed E-state index contributed by atoms with van der Waals surface area (Å²) in [5.41, 5.74) is 0.781. The van der Waals surface area contributed by atoms with Crippen LogP contribution in [0.25, 0.3) is 0 Å². The summed E-state index contributed by atoms with van der Waals surface area (Å²) in [6.07, 6.45) is 8.39. The maximum Gasteiger partial charge on any atom is 0.338 e. The highest BCUT2D eigenvalue weighted by molar-refractivity contribution is 5.91. The number of carbonyl (C=O) groups is 2. The molecular weight excluding hydrogens is 320 g/mol. The van der Waals surface area contributed by atoms with E-state index in [-0.39, 0.29) is 6.61 Å². The zero-order valence-corrected chi connectivity index (χ0v) is 14.0. The van der Waals surface area contributed by atoms with Gasteiger partial charge < -0.3 is 14.2 Å². The lowest BCUT2D eigenvalue weighted by Crippen LogP contribution is -2.32. The molecule has 1 aliphatic heterocycles. The van der Waals surface area contributed by atoms with Gasteiger partial charge in [-0.25, -0.2) is 9.59 Å². The van der Waals surface area contributed by atoms with E-state index < -0.39 is 24.1 Å². The van der Waals surface area contributed by atoms with Crippen LogP contribution in [0.15, 0.2) is 79.1 Å². The molecule has 1 unspecified atom stereocenters. The van der Waals surface area contributed by atoms with Gasteiger partial charge in [0.15, 0.2) is 12.2 Å². The van der Waals surface area contributed by atoms with E-state index in [9.17, 15) is 9.59 Å². The van der Waals surface area contributed by atoms with Crippen molar-refractivity contribution in [2.45, 2.75) is 19.1 Å². The first-order valence-corrected chi connectivity index (χ1v) is 7.86. The van der Waals surface area contributed by atoms with Crippen LogP contribution in [0.4, 0.5) is 0 Å². The van der Waals surface area contributed by atoms with Gasteiger partial charge in [0.05, 0.1) is 17.4 Å². The molecule has 1 aromatic rings. The highest BCUT2D eigenvalue weighted by atomic mass is 16.6. The smallest absolute Gasteiger partial charge is 0.338 e. The Balaban J connectivity index is 1.91. The van der Waals surface area contributed by atoms with Gasteiger partial charge in [-0.1, -0.05) is 43.0 Å². The SMILES string of the molecule is C=C/C(=C\C=C/C)C(=O)OCC1OC=C[C@H]1OC(=O)c1ccccc1. The Bertz CT molecular complexity index is 700. The molecule has 25 heavy (non-hydrogen) atoms. The Kier molecular flexibility index (Phi) is 6.77. The quantitative estimate of drug-likeness (QED) is 0.433. The maximum absolute atomic E-state index is 12.1. The van der Waals surface area contributed by atoms with Gasteiger partial charge in [-0.15, -0.1) is 0 Å². The molecule has 0 spiro atoms. The van der Waals surface area contributed by atoms with Crippen LogP contribution in [0.2, 0.25) is 0 Å². The van der Waals surface area contributed by atoms with Crippen molar-refractivity contribution in [2.24, 2.45) is 0 Å². The van der Waals surface area contributed by atoms with Gasteiger partial charge in [0.2, 0.25) is 0 Å². The van der Waals surface area contributed by atoms with Crippen molar-refractivity contribution < 1.29 is 23.8 Å². The van der Waals surface area contributed by atoms with Crippen LogP contribution in [-0.2, 0) is 19.0 Å². The number of hydrogen-bond donors (Lipinski definition) is 0. The Morgan fingerprint density at radius 2 is 2.04 bits per heavy atom. The minimum Gasteiger partial charge on any atom is -0.490 e. The van der Waals surface area contributed by atoms with E-state index in [1.807, 2.05) is 13.0 Å². The number of benzene rings is 1. The van der Waals surface area contributed by atoms with Crippen LogP contribution in [-0.4, -0.2) is 30.8 Å². The molecule has 0 amide bonds. The van der Waals surface area contributed by atoms with Gasteiger partial charge in [-0.05, 0) is 31.2 Å². The van der Waals surface area contributed by atoms with E-state index in [4.69, 9.17) is 14.2 Å². The Labute approximate surface area is 146 Å². The van der Waals surface area contributed by atoms with E-state index in [0.717, 1.165) is 0 Å². The second-order valence-electron chi connectivity index (χ2n) is 5.19. The van der Waals surface area contributed by atoms with Crippen molar-refractivity contribution in [3.8, 4) is 0 Å². The van der Waals surface area contributed by atoms with Gasteiger partial charge in [-0.2, -0.15) is 0 Å². The molecule has 0 bridgehead atoms. The number of carbonyl (C=O) groups excluding carboxylic acids is 2. The first-order valence-electron chi connectivity index (χ1n) is 7.86. The molecule has 0 radical (unpaired) electrons. The highest BCUT2D eigenvalue weighted by Crippen LogP contribution is 2.17. The van der Waals surface area contributed by atoms with E-state index in [1.165, 1.54) is 12.3 Å². The summed E-state index contributed by atoms with van der Waals surface area (Å²) in [4.78, 5) is 24.1. The second kappa shape index (κ2) is 9.27. The van der Waals surface area contributed by atoms with Crippen molar-refractivity contribution in [3.05, 3.63) is 84.7 Å². The number of hydrogen-bond acceptors (Lipinski definition) is 5. The van der Waals surface area contributed by atoms with Crippen molar-refractivity contribution in [2.75, 3.05) is 6.61 Å². The summed E-state index contributed by atoms with van der Waals surface area (Å²) < 4.78 is 16.0. The Morgan fingerprint density at radius 1 is 1.28 bits per heavy atom. The van der Waals surface area contributed by atoms with Crippen molar-refractivity contribution in [3.63, 3.8) is 0 Å². The largest absolute Gasteiger partial charge is 0.490 e. The standard InChI is InChI=1S/C20H20O5/c1-3-5-9-15(4-2)19(21)24-14-18-17(12-13-23-18)25-20(22)16-10-7-6-8-11-16/h3-13,17-18H,2,14H2,1H3/b5-3-,15-9+/t17-,18?/m1/s1. The summed E-state index contributed by atoms with van der Waals surface area (Å²) in [5, 5.41) is 0. The lowest BCUT2D eigenvalue weighted by Gasteiger charge is -2.19. The highest BCUT2D eigenvalue weighted by Gasteiger charge is 2.30. The lowest BCUT2D eigenvalue weighted by molar-refractivity contribution is -0.142. The number of esters is 2. The molecule has 5 heteroatoms. The van der Waals surface area contributed by atoms with E-state index in [2.05, 4.69) is 6.58 Å². The third-order valence-electron chi connectivity index (χ3n) is 3.44. The minimum atomic E-state index is -0.618. The van der Waals surface area contributed by atoms with E-state index in [1.54, 1.807) is 48.6 Å². The second-order valence-corrected chi connectivity index (χ2v) is 5.19. The molecule has 0 fully saturated rings. The molecule has 1 aliphatic rings. The predicted molar refractivity (Wildman–Crippen MR) is 93.7 cm³/mol. The molecule has 0 N–H and O–H groups in total. The summed E-state index contributed by atoms with van der Waals surface area (Å²) in [6, 6.07) is 8.66. The maximum atomic E-state index is 12.1. The zero-order chi connectivity index (χ0) is 18.1. The fraction of sp³-hybridized carbons (Fsp3) is 0.200. The third-order valence-corrected chi connectivity index (χ3v) is 3.44. The van der Waals surface area contributed by atoms with Crippen LogP contribution in [0, 0.1) is 0 Å². The molecular formula is C20H20O5. The Hall–Kier alpha value is -3.08. The lowest BCUT2D eigenvalue weighted by atomic mass is 10.2. The van der Waals surface area contributed by atoms with Crippen molar-refractivity contribution in [1.29, 1.82) is 0 Å². The summed E-state index contributed by atoms with van der Waals surface area (Å²) >= 11 is 0. The summed E-state index contributed by atoms with van der Waals surface area (Å²) in [7, 11) is 0. The van der Waals surface area contributed by atoms with Gasteiger partial charge in [0.25, 0.3) is 0 Å². The normalized spacial score (nSPS) is 19.5. The fourth-order valence-electron chi connectivity index (χ4n) is 2.10. The topological polar surface area (TPSA) is 61.8 Å². The first-order chi connectivity index (χ1) is 12.2. The molecule has 0 saturated carbocycles. The molecule has 2 rings (SSSR count). The van der Waals surface area contributed by atoms with E-state index in [0.29, 0.717) is 11.1 Å². The molecule has 0 saturated heterocycles. The Morgan fingerprint density at radius 3 is 2.72 bits per heavy atom. The number of rotatable bonds is 7. The van der Waals surface area contributed by atoms with Gasteiger partial charge >= 0.3 is 11.9 Å². The predicted octanol–water partition coefficient (Wildman–Crippen LogP) is 3.36. The van der Waals surface area contributed by atoms with Crippen LogP contribution < -0.4 is 0 Å². The van der Waals surface area contributed by atoms with Gasteiger partial charge in [0, 0.05) is 0 Å². The monoisotopic (exact) mass is 340 g/mol. The number of ether oxygens (including phenoxy) is 3. The average Bonchev–Trinajstić information content (AvgIpc) is 3.08.